The molecule has 0 fully saturated rings. The highest BCUT2D eigenvalue weighted by Crippen LogP contribution is 2.43. The predicted octanol–water partition coefficient (Wildman–Crippen LogP) is 5.08. The number of benzene rings is 3. The van der Waals surface area contributed by atoms with Gasteiger partial charge in [-0.3, -0.25) is 14.5 Å². The van der Waals surface area contributed by atoms with Crippen LogP contribution in [0.5, 0.6) is 11.5 Å². The van der Waals surface area contributed by atoms with Crippen molar-refractivity contribution < 1.29 is 19.1 Å². The predicted molar refractivity (Wildman–Crippen MR) is 146 cm³/mol. The Labute approximate surface area is 220 Å². The van der Waals surface area contributed by atoms with Gasteiger partial charge in [0, 0.05) is 41.3 Å². The number of carbonyl (C=O) groups is 2. The van der Waals surface area contributed by atoms with E-state index in [1.165, 1.54) is 11.8 Å². The van der Waals surface area contributed by atoms with Gasteiger partial charge in [-0.05, 0) is 43.3 Å². The second kappa shape index (κ2) is 10.6. The van der Waals surface area contributed by atoms with Gasteiger partial charge in [0.2, 0.25) is 11.8 Å². The van der Waals surface area contributed by atoms with Crippen LogP contribution in [0.3, 0.4) is 0 Å². The number of rotatable bonds is 7. The topological polar surface area (TPSA) is 72.8 Å². The van der Waals surface area contributed by atoms with Crippen LogP contribution in [-0.4, -0.2) is 35.9 Å². The molecule has 0 radical (unpaired) electrons. The van der Waals surface area contributed by atoms with Crippen LogP contribution in [0.1, 0.15) is 24.1 Å². The Bertz CT molecular complexity index is 1450. The minimum absolute atomic E-state index is 0.133. The molecule has 4 aromatic rings. The Morgan fingerprint density at radius 3 is 2.54 bits per heavy atom. The van der Waals surface area contributed by atoms with Crippen molar-refractivity contribution in [2.45, 2.75) is 24.5 Å². The molecule has 190 valence electrons. The van der Waals surface area contributed by atoms with Gasteiger partial charge in [-0.15, -0.1) is 0 Å². The summed E-state index contributed by atoms with van der Waals surface area (Å²) in [4.78, 5) is 29.3. The van der Waals surface area contributed by atoms with Gasteiger partial charge in [0.05, 0.1) is 24.5 Å². The summed E-state index contributed by atoms with van der Waals surface area (Å²) >= 11 is 1.47. The second-order valence-electron chi connectivity index (χ2n) is 8.71. The van der Waals surface area contributed by atoms with Crippen LogP contribution < -0.4 is 19.7 Å². The molecule has 3 aromatic carbocycles. The average molecular weight is 516 g/mol. The van der Waals surface area contributed by atoms with Crippen LogP contribution in [0.25, 0.3) is 10.9 Å². The van der Waals surface area contributed by atoms with Crippen LogP contribution >= 0.6 is 11.8 Å². The molecule has 1 N–H and O–H groups in total. The monoisotopic (exact) mass is 515 g/mol. The molecule has 1 unspecified atom stereocenters. The number of fused-ring (bicyclic) bond motifs is 3. The molecule has 8 heteroatoms. The van der Waals surface area contributed by atoms with Gasteiger partial charge in [0.1, 0.15) is 17.5 Å². The first-order chi connectivity index (χ1) is 18.0. The second-order valence-corrected chi connectivity index (χ2v) is 9.67. The quantitative estimate of drug-likeness (QED) is 0.372. The maximum atomic E-state index is 14.0. The van der Waals surface area contributed by atoms with Crippen molar-refractivity contribution >= 4 is 40.2 Å². The average Bonchev–Trinajstić information content (AvgIpc) is 3.10. The van der Waals surface area contributed by atoms with E-state index >= 15 is 0 Å². The number of methoxy groups -OCH3 is 1. The van der Waals surface area contributed by atoms with Gasteiger partial charge >= 0.3 is 0 Å². The molecule has 7 nitrogen and oxygen atoms in total. The van der Waals surface area contributed by atoms with E-state index in [1.807, 2.05) is 86.8 Å². The maximum absolute atomic E-state index is 14.0. The third-order valence-corrected chi connectivity index (χ3v) is 7.70. The number of nitrogens with one attached hydrogen (secondary N) is 1. The summed E-state index contributed by atoms with van der Waals surface area (Å²) in [5.41, 5.74) is 3.36. The van der Waals surface area contributed by atoms with Crippen LogP contribution in [0.2, 0.25) is 0 Å². The third kappa shape index (κ3) is 4.64. The number of hydrogen-bond acceptors (Lipinski definition) is 5. The largest absolute Gasteiger partial charge is 0.496 e. The molecule has 2 heterocycles. The zero-order valence-corrected chi connectivity index (χ0v) is 21.9. The normalized spacial score (nSPS) is 15.3. The van der Waals surface area contributed by atoms with Crippen molar-refractivity contribution in [3.8, 4) is 11.5 Å². The number of nitrogens with zero attached hydrogens (tertiary/aromatic N) is 2. The molecule has 5 rings (SSSR count). The lowest BCUT2D eigenvalue weighted by atomic mass is 10.0. The number of aromatic nitrogens is 1. The molecular weight excluding hydrogens is 486 g/mol. The summed E-state index contributed by atoms with van der Waals surface area (Å²) in [7, 11) is 3.59. The summed E-state index contributed by atoms with van der Waals surface area (Å²) in [6, 6.07) is 22.1. The summed E-state index contributed by atoms with van der Waals surface area (Å²) in [5, 5.41) is 4.95. The molecule has 0 saturated carbocycles. The highest BCUT2D eigenvalue weighted by atomic mass is 32.2. The molecule has 37 heavy (non-hydrogen) atoms. The van der Waals surface area contributed by atoms with E-state index in [-0.39, 0.29) is 24.1 Å². The Morgan fingerprint density at radius 2 is 1.78 bits per heavy atom. The summed E-state index contributed by atoms with van der Waals surface area (Å²) in [6.07, 6.45) is 0. The van der Waals surface area contributed by atoms with Gasteiger partial charge in [-0.1, -0.05) is 48.2 Å². The van der Waals surface area contributed by atoms with Gasteiger partial charge in [0.25, 0.3) is 0 Å². The van der Waals surface area contributed by atoms with Crippen LogP contribution in [0.4, 0.5) is 5.69 Å². The zero-order valence-electron chi connectivity index (χ0n) is 21.1. The first-order valence-electron chi connectivity index (χ1n) is 12.2. The van der Waals surface area contributed by atoms with Crippen molar-refractivity contribution in [3.05, 3.63) is 83.9 Å². The number of carbonyl (C=O) groups excluding carboxylic acids is 2. The van der Waals surface area contributed by atoms with Crippen LogP contribution in [0, 0.1) is 0 Å². The summed E-state index contributed by atoms with van der Waals surface area (Å²) < 4.78 is 13.1. The highest BCUT2D eigenvalue weighted by Gasteiger charge is 2.39. The van der Waals surface area contributed by atoms with Gasteiger partial charge in [0.15, 0.2) is 0 Å². The SMILES string of the molecule is CCOc1ccc(N2C(=O)CSc3c(c4ccccc4n3C)C2C(=O)NCc2ccccc2OC)cc1. The molecule has 0 bridgehead atoms. The number of thioether (sulfide) groups is 1. The van der Waals surface area contributed by atoms with E-state index in [9.17, 15) is 9.59 Å². The first-order valence-corrected chi connectivity index (χ1v) is 13.2. The minimum Gasteiger partial charge on any atom is -0.496 e. The fourth-order valence-electron chi connectivity index (χ4n) is 4.85. The minimum atomic E-state index is -0.851. The van der Waals surface area contributed by atoms with E-state index in [4.69, 9.17) is 9.47 Å². The molecule has 0 aliphatic carbocycles. The Morgan fingerprint density at radius 1 is 1.05 bits per heavy atom. The van der Waals surface area contributed by atoms with Crippen molar-refractivity contribution in [2.24, 2.45) is 7.05 Å². The molecule has 0 saturated heterocycles. The van der Waals surface area contributed by atoms with Crippen molar-refractivity contribution in [1.82, 2.24) is 9.88 Å². The van der Waals surface area contributed by atoms with Crippen LogP contribution in [-0.2, 0) is 23.2 Å². The standard InChI is InChI=1S/C29H29N3O4S/c1-4-36-21-15-13-20(14-16-21)32-25(33)18-37-29-26(22-10-6-7-11-23(22)31(29)2)27(32)28(34)30-17-19-9-5-8-12-24(19)35-3/h5-16,27H,4,17-18H2,1-3H3,(H,30,34). The maximum Gasteiger partial charge on any atom is 0.248 e. The lowest BCUT2D eigenvalue weighted by Gasteiger charge is -2.30. The van der Waals surface area contributed by atoms with E-state index in [0.717, 1.165) is 27.1 Å². The van der Waals surface area contributed by atoms with Crippen molar-refractivity contribution in [2.75, 3.05) is 24.4 Å². The Kier molecular flexibility index (Phi) is 7.10. The smallest absolute Gasteiger partial charge is 0.248 e. The summed E-state index contributed by atoms with van der Waals surface area (Å²) in [5.74, 6) is 1.25. The number of para-hydroxylation sites is 2. The summed E-state index contributed by atoms with van der Waals surface area (Å²) in [6.45, 7) is 2.75. The molecule has 1 aliphatic heterocycles. The fourth-order valence-corrected chi connectivity index (χ4v) is 5.92. The Hall–Kier alpha value is -3.91. The number of ether oxygens (including phenoxy) is 2. The molecular formula is C29H29N3O4S. The number of aryl methyl sites for hydroxylation is 1. The number of hydrogen-bond donors (Lipinski definition) is 1. The first kappa shape index (κ1) is 24.8. The molecule has 1 aromatic heterocycles. The van der Waals surface area contributed by atoms with Gasteiger partial charge in [-0.2, -0.15) is 0 Å². The number of anilines is 1. The zero-order chi connectivity index (χ0) is 25.9. The van der Waals surface area contributed by atoms with E-state index < -0.39 is 6.04 Å². The third-order valence-electron chi connectivity index (χ3n) is 6.54. The van der Waals surface area contributed by atoms with E-state index in [2.05, 4.69) is 9.88 Å². The highest BCUT2D eigenvalue weighted by molar-refractivity contribution is 8.00. The van der Waals surface area contributed by atoms with Gasteiger partial charge < -0.3 is 19.4 Å². The number of amides is 2. The van der Waals surface area contributed by atoms with Crippen molar-refractivity contribution in [3.63, 3.8) is 0 Å². The fraction of sp³-hybridized carbons (Fsp3) is 0.241. The van der Waals surface area contributed by atoms with Crippen molar-refractivity contribution in [1.29, 1.82) is 0 Å². The lowest BCUT2D eigenvalue weighted by molar-refractivity contribution is -0.125. The van der Waals surface area contributed by atoms with Gasteiger partial charge in [-0.25, -0.2) is 0 Å². The molecule has 1 atom stereocenters. The van der Waals surface area contributed by atoms with Crippen LogP contribution in [0.15, 0.2) is 77.8 Å². The van der Waals surface area contributed by atoms with E-state index in [0.29, 0.717) is 23.8 Å². The molecule has 2 amide bonds. The lowest BCUT2D eigenvalue weighted by Crippen LogP contribution is -2.43. The molecule has 0 spiro atoms. The Balaban J connectivity index is 1.61. The molecule has 1 aliphatic rings. The van der Waals surface area contributed by atoms with E-state index in [1.54, 1.807) is 12.0 Å².